The predicted octanol–water partition coefficient (Wildman–Crippen LogP) is 3.51. The number of rotatable bonds is 3. The Bertz CT molecular complexity index is 598. The highest BCUT2D eigenvalue weighted by Crippen LogP contribution is 2.30. The molecule has 0 aliphatic heterocycles. The first-order valence-corrected chi connectivity index (χ1v) is 9.57. The first-order valence-electron chi connectivity index (χ1n) is 7.07. The fourth-order valence-corrected chi connectivity index (χ4v) is 7.07. The van der Waals surface area contributed by atoms with Gasteiger partial charge in [-0.1, -0.05) is 101 Å². The Labute approximate surface area is 122 Å². The van der Waals surface area contributed by atoms with Crippen LogP contribution in [-0.4, -0.2) is 8.07 Å². The molecule has 20 heavy (non-hydrogen) atoms. The first kappa shape index (κ1) is 13.1. The van der Waals surface area contributed by atoms with Gasteiger partial charge in [-0.3, -0.25) is 0 Å². The van der Waals surface area contributed by atoms with Crippen LogP contribution >= 0.6 is 0 Å². The summed E-state index contributed by atoms with van der Waals surface area (Å²) in [6, 6.07) is 21.9. The summed E-state index contributed by atoms with van der Waals surface area (Å²) in [6.07, 6.45) is 6.72. The molecular formula is C19H19Si. The monoisotopic (exact) mass is 275 g/mol. The van der Waals surface area contributed by atoms with Crippen molar-refractivity contribution in [1.82, 2.24) is 0 Å². The minimum absolute atomic E-state index is 1.41. The predicted molar refractivity (Wildman–Crippen MR) is 89.9 cm³/mol. The van der Waals surface area contributed by atoms with Gasteiger partial charge in [0.2, 0.25) is 0 Å². The maximum Gasteiger partial charge on any atom is 0.129 e. The van der Waals surface area contributed by atoms with Gasteiger partial charge in [-0.2, -0.15) is 0 Å². The van der Waals surface area contributed by atoms with E-state index < -0.39 is 8.07 Å². The molecule has 0 nitrogen and oxygen atoms in total. The van der Waals surface area contributed by atoms with Gasteiger partial charge in [0, 0.05) is 5.54 Å². The Morgan fingerprint density at radius 3 is 1.65 bits per heavy atom. The molecule has 0 bridgehead atoms. The van der Waals surface area contributed by atoms with E-state index in [0.29, 0.717) is 0 Å². The van der Waals surface area contributed by atoms with Gasteiger partial charge in [0.15, 0.2) is 0 Å². The van der Waals surface area contributed by atoms with Gasteiger partial charge >= 0.3 is 0 Å². The molecule has 0 N–H and O–H groups in total. The average Bonchev–Trinajstić information content (AvgIpc) is 2.95. The lowest BCUT2D eigenvalue weighted by Crippen LogP contribution is -2.60. The second-order valence-corrected chi connectivity index (χ2v) is 9.42. The van der Waals surface area contributed by atoms with Gasteiger partial charge in [0.25, 0.3) is 0 Å². The molecule has 0 amide bonds. The summed E-state index contributed by atoms with van der Waals surface area (Å²) in [6.45, 7) is 4.69. The highest BCUT2D eigenvalue weighted by Gasteiger charge is 2.40. The lowest BCUT2D eigenvalue weighted by Gasteiger charge is -2.34. The van der Waals surface area contributed by atoms with E-state index in [-0.39, 0.29) is 0 Å². The molecule has 0 saturated carbocycles. The Balaban J connectivity index is 2.18. The third-order valence-corrected chi connectivity index (χ3v) is 8.89. The van der Waals surface area contributed by atoms with Crippen molar-refractivity contribution in [2.45, 2.75) is 13.5 Å². The van der Waals surface area contributed by atoms with Gasteiger partial charge in [-0.25, -0.2) is 0 Å². The summed E-state index contributed by atoms with van der Waals surface area (Å²) < 4.78 is 0. The van der Waals surface area contributed by atoms with Crippen molar-refractivity contribution in [1.29, 1.82) is 0 Å². The molecule has 99 valence electrons. The van der Waals surface area contributed by atoms with E-state index in [1.54, 1.807) is 0 Å². The number of hydrogen-bond acceptors (Lipinski definition) is 0. The smallest absolute Gasteiger partial charge is 0.0754 e. The largest absolute Gasteiger partial charge is 0.129 e. The summed E-state index contributed by atoms with van der Waals surface area (Å²) in [4.78, 5) is 0. The zero-order valence-corrected chi connectivity index (χ0v) is 13.0. The maximum absolute atomic E-state index is 2.46. The standard InChI is InChI=1S/C19H19Si/c1-16-10-9-15-19(16)20(2,17-11-5-3-6-12-17)18-13-7-4-8-14-18/h3-15H,1-2H3. The third-order valence-electron chi connectivity index (χ3n) is 4.27. The zero-order valence-electron chi connectivity index (χ0n) is 12.0. The average molecular weight is 275 g/mol. The van der Waals surface area contributed by atoms with Crippen molar-refractivity contribution in [2.75, 3.05) is 0 Å². The van der Waals surface area contributed by atoms with Crippen LogP contribution in [0.2, 0.25) is 6.55 Å². The zero-order chi connectivity index (χ0) is 14.0. The molecule has 0 spiro atoms. The molecule has 0 atom stereocenters. The lowest BCUT2D eigenvalue weighted by molar-refractivity contribution is 1.38. The second-order valence-electron chi connectivity index (χ2n) is 5.48. The molecule has 2 aromatic carbocycles. The van der Waals surface area contributed by atoms with Crippen molar-refractivity contribution < 1.29 is 0 Å². The number of benzene rings is 2. The van der Waals surface area contributed by atoms with Crippen LogP contribution in [0.3, 0.4) is 0 Å². The lowest BCUT2D eigenvalue weighted by atomic mass is 10.3. The van der Waals surface area contributed by atoms with Gasteiger partial charge < -0.3 is 0 Å². The highest BCUT2D eigenvalue weighted by atomic mass is 28.3. The number of hydrogen-bond donors (Lipinski definition) is 0. The quantitative estimate of drug-likeness (QED) is 0.752. The van der Waals surface area contributed by atoms with Crippen molar-refractivity contribution in [3.8, 4) is 0 Å². The van der Waals surface area contributed by atoms with Gasteiger partial charge in [0.1, 0.15) is 8.07 Å². The fourth-order valence-electron chi connectivity index (χ4n) is 3.09. The van der Waals surface area contributed by atoms with Crippen molar-refractivity contribution in [2.24, 2.45) is 0 Å². The maximum atomic E-state index is 2.46. The summed E-state index contributed by atoms with van der Waals surface area (Å²) in [7, 11) is -1.87. The molecule has 0 unspecified atom stereocenters. The van der Waals surface area contributed by atoms with Crippen LogP contribution in [0.5, 0.6) is 0 Å². The van der Waals surface area contributed by atoms with Crippen molar-refractivity contribution in [3.05, 3.63) is 90.0 Å². The second kappa shape index (κ2) is 5.26. The minimum atomic E-state index is -1.87. The Morgan fingerprint density at radius 1 is 0.750 bits per heavy atom. The molecule has 1 aliphatic carbocycles. The van der Waals surface area contributed by atoms with E-state index in [2.05, 4.69) is 92.4 Å². The van der Waals surface area contributed by atoms with E-state index >= 15 is 0 Å². The van der Waals surface area contributed by atoms with Crippen LogP contribution in [-0.2, 0) is 0 Å². The van der Waals surface area contributed by atoms with E-state index in [1.807, 2.05) is 0 Å². The Kier molecular flexibility index (Phi) is 3.45. The third kappa shape index (κ3) is 2.08. The highest BCUT2D eigenvalue weighted by molar-refractivity contribution is 7.06. The van der Waals surface area contributed by atoms with Gasteiger partial charge in [0.05, 0.1) is 0 Å². The van der Waals surface area contributed by atoms with Gasteiger partial charge in [-0.15, -0.1) is 0 Å². The minimum Gasteiger partial charge on any atom is -0.0754 e. The molecule has 0 aromatic heterocycles. The molecular weight excluding hydrogens is 256 g/mol. The molecule has 2 aromatic rings. The molecule has 3 rings (SSSR count). The van der Waals surface area contributed by atoms with Crippen molar-refractivity contribution in [3.63, 3.8) is 0 Å². The first-order chi connectivity index (χ1) is 9.73. The van der Waals surface area contributed by atoms with Crippen molar-refractivity contribution >= 4 is 18.4 Å². The molecule has 1 heteroatoms. The SMILES string of the molecule is CC1=CC=C[C]1[Si](C)(c1ccccc1)c1ccccc1. The molecule has 0 saturated heterocycles. The van der Waals surface area contributed by atoms with Crippen LogP contribution < -0.4 is 10.4 Å². The van der Waals surface area contributed by atoms with E-state index in [1.165, 1.54) is 21.5 Å². The van der Waals surface area contributed by atoms with Crippen LogP contribution in [0.25, 0.3) is 0 Å². The summed E-state index contributed by atoms with van der Waals surface area (Å²) in [5.74, 6) is 0. The molecule has 0 heterocycles. The Morgan fingerprint density at radius 2 is 1.25 bits per heavy atom. The normalized spacial score (nSPS) is 15.4. The fraction of sp³-hybridized carbons (Fsp3) is 0.105. The summed E-state index contributed by atoms with van der Waals surface area (Å²) >= 11 is 0. The molecule has 1 aliphatic rings. The Hall–Kier alpha value is -1.86. The van der Waals surface area contributed by atoms with Crippen LogP contribution in [0.4, 0.5) is 0 Å². The van der Waals surface area contributed by atoms with E-state index in [0.717, 1.165) is 0 Å². The molecule has 1 radical (unpaired) electrons. The van der Waals surface area contributed by atoms with Crippen LogP contribution in [0.15, 0.2) is 84.5 Å². The summed E-state index contributed by atoms with van der Waals surface area (Å²) in [5, 5.41) is 2.95. The van der Waals surface area contributed by atoms with E-state index in [9.17, 15) is 0 Å². The van der Waals surface area contributed by atoms with Gasteiger partial charge in [-0.05, 0) is 6.92 Å². The molecule has 0 fully saturated rings. The topological polar surface area (TPSA) is 0 Å². The van der Waals surface area contributed by atoms with Crippen LogP contribution in [0, 0.1) is 5.54 Å². The number of allylic oxidation sites excluding steroid dienone is 4. The van der Waals surface area contributed by atoms with Crippen LogP contribution in [0.1, 0.15) is 6.92 Å². The summed E-state index contributed by atoms with van der Waals surface area (Å²) in [5.41, 5.74) is 2.93. The van der Waals surface area contributed by atoms with E-state index in [4.69, 9.17) is 0 Å².